The average Bonchev–Trinajstić information content (AvgIpc) is 3.22. The van der Waals surface area contributed by atoms with Crippen molar-refractivity contribution >= 4 is 11.8 Å². The Morgan fingerprint density at radius 2 is 2.00 bits per heavy atom. The largest absolute Gasteiger partial charge is 0.344 e. The van der Waals surface area contributed by atoms with E-state index < -0.39 is 6.04 Å². The molecule has 1 saturated heterocycles. The molecule has 0 bridgehead atoms. The molecule has 0 aromatic carbocycles. The molecule has 1 atom stereocenters. The molecule has 2 amide bonds. The lowest BCUT2D eigenvalue weighted by molar-refractivity contribution is -0.128. The van der Waals surface area contributed by atoms with Crippen LogP contribution in [0.15, 0.2) is 12.4 Å². The average molecular weight is 260 g/mol. The molecular formula is C13H16N4O2. The zero-order chi connectivity index (χ0) is 13.4. The lowest BCUT2D eigenvalue weighted by Gasteiger charge is -2.12. The Labute approximate surface area is 111 Å². The van der Waals surface area contributed by atoms with Crippen molar-refractivity contribution in [3.05, 3.63) is 23.8 Å². The van der Waals surface area contributed by atoms with E-state index in [1.165, 1.54) is 0 Å². The summed E-state index contributed by atoms with van der Waals surface area (Å²) in [5.74, 6) is 0.968. The summed E-state index contributed by atoms with van der Waals surface area (Å²) < 4.78 is 0. The summed E-state index contributed by atoms with van der Waals surface area (Å²) in [5, 5.41) is 2.73. The Morgan fingerprint density at radius 1 is 1.32 bits per heavy atom. The standard InChI is InChI=1S/C13H16N4O2/c1-17-5-4-10(13(17)19)16-12(18)9-6-14-11(15-7-9)8-2-3-8/h6-8,10H,2-5H2,1H3,(H,16,18)/t10-/m0/s1. The van der Waals surface area contributed by atoms with Crippen LogP contribution in [-0.2, 0) is 4.79 Å². The van der Waals surface area contributed by atoms with Crippen LogP contribution in [0.25, 0.3) is 0 Å². The second-order valence-electron chi connectivity index (χ2n) is 5.18. The van der Waals surface area contributed by atoms with E-state index in [0.717, 1.165) is 18.7 Å². The van der Waals surface area contributed by atoms with Gasteiger partial charge in [-0.3, -0.25) is 9.59 Å². The molecule has 0 unspecified atom stereocenters. The number of likely N-dealkylation sites (N-methyl/N-ethyl adjacent to an activating group) is 1. The molecule has 1 aliphatic carbocycles. The first-order chi connectivity index (χ1) is 9.15. The number of carbonyl (C=O) groups excluding carboxylic acids is 2. The Kier molecular flexibility index (Phi) is 2.93. The van der Waals surface area contributed by atoms with Gasteiger partial charge in [0.1, 0.15) is 11.9 Å². The number of rotatable bonds is 3. The van der Waals surface area contributed by atoms with Crippen LogP contribution >= 0.6 is 0 Å². The fourth-order valence-electron chi connectivity index (χ4n) is 2.21. The Hall–Kier alpha value is -1.98. The van der Waals surface area contributed by atoms with Crippen LogP contribution in [0.1, 0.15) is 41.4 Å². The van der Waals surface area contributed by atoms with E-state index in [-0.39, 0.29) is 11.8 Å². The predicted octanol–water partition coefficient (Wildman–Crippen LogP) is 0.314. The maximum Gasteiger partial charge on any atom is 0.255 e. The summed E-state index contributed by atoms with van der Waals surface area (Å²) in [4.78, 5) is 33.7. The van der Waals surface area contributed by atoms with E-state index in [1.807, 2.05) is 0 Å². The molecule has 0 radical (unpaired) electrons. The highest BCUT2D eigenvalue weighted by atomic mass is 16.2. The molecule has 1 aromatic heterocycles. The van der Waals surface area contributed by atoms with Crippen LogP contribution in [0.2, 0.25) is 0 Å². The number of hydrogen-bond donors (Lipinski definition) is 1. The van der Waals surface area contributed by atoms with E-state index in [4.69, 9.17) is 0 Å². The second-order valence-corrected chi connectivity index (χ2v) is 5.18. The molecule has 1 N–H and O–H groups in total. The molecule has 3 rings (SSSR count). The van der Waals surface area contributed by atoms with Gasteiger partial charge in [-0.1, -0.05) is 0 Å². The molecule has 2 aliphatic rings. The summed E-state index contributed by atoms with van der Waals surface area (Å²) in [6.45, 7) is 0.681. The van der Waals surface area contributed by atoms with Gasteiger partial charge in [0.2, 0.25) is 5.91 Å². The number of likely N-dealkylation sites (tertiary alicyclic amines) is 1. The summed E-state index contributed by atoms with van der Waals surface area (Å²) in [7, 11) is 1.74. The van der Waals surface area contributed by atoms with Gasteiger partial charge in [0.05, 0.1) is 5.56 Å². The summed E-state index contributed by atoms with van der Waals surface area (Å²) in [5.41, 5.74) is 0.409. The molecule has 19 heavy (non-hydrogen) atoms. The minimum Gasteiger partial charge on any atom is -0.344 e. The van der Waals surface area contributed by atoms with Crippen molar-refractivity contribution in [2.45, 2.75) is 31.2 Å². The maximum atomic E-state index is 12.0. The fraction of sp³-hybridized carbons (Fsp3) is 0.538. The van der Waals surface area contributed by atoms with Crippen LogP contribution in [0.4, 0.5) is 0 Å². The molecule has 2 heterocycles. The molecule has 6 nitrogen and oxygen atoms in total. The molecule has 2 fully saturated rings. The zero-order valence-corrected chi connectivity index (χ0v) is 10.8. The molecular weight excluding hydrogens is 244 g/mol. The van der Waals surface area contributed by atoms with Gasteiger partial charge in [0.25, 0.3) is 5.91 Å². The van der Waals surface area contributed by atoms with Gasteiger partial charge in [-0.2, -0.15) is 0 Å². The van der Waals surface area contributed by atoms with E-state index in [9.17, 15) is 9.59 Å². The van der Waals surface area contributed by atoms with Crippen molar-refractivity contribution in [3.8, 4) is 0 Å². The smallest absolute Gasteiger partial charge is 0.255 e. The maximum absolute atomic E-state index is 12.0. The first-order valence-corrected chi connectivity index (χ1v) is 6.53. The van der Waals surface area contributed by atoms with Crippen LogP contribution in [0, 0.1) is 0 Å². The summed E-state index contributed by atoms with van der Waals surface area (Å²) in [6, 6.07) is -0.416. The lowest BCUT2D eigenvalue weighted by atomic mass is 10.2. The number of nitrogens with one attached hydrogen (secondary N) is 1. The monoisotopic (exact) mass is 260 g/mol. The molecule has 100 valence electrons. The first-order valence-electron chi connectivity index (χ1n) is 6.53. The molecule has 0 spiro atoms. The molecule has 1 aliphatic heterocycles. The van der Waals surface area contributed by atoms with E-state index >= 15 is 0 Å². The number of hydrogen-bond acceptors (Lipinski definition) is 4. The Bertz CT molecular complexity index is 510. The summed E-state index contributed by atoms with van der Waals surface area (Å²) in [6.07, 6.45) is 6.00. The molecule has 6 heteroatoms. The highest BCUT2D eigenvalue weighted by Crippen LogP contribution is 2.37. The predicted molar refractivity (Wildman–Crippen MR) is 67.5 cm³/mol. The second kappa shape index (κ2) is 4.60. The van der Waals surface area contributed by atoms with Crippen molar-refractivity contribution in [2.24, 2.45) is 0 Å². The van der Waals surface area contributed by atoms with Crippen LogP contribution < -0.4 is 5.32 Å². The normalized spacial score (nSPS) is 22.7. The van der Waals surface area contributed by atoms with Gasteiger partial charge in [0.15, 0.2) is 0 Å². The van der Waals surface area contributed by atoms with Crippen molar-refractivity contribution < 1.29 is 9.59 Å². The number of nitrogens with zero attached hydrogens (tertiary/aromatic N) is 3. The number of carbonyl (C=O) groups is 2. The molecule has 1 aromatic rings. The minimum absolute atomic E-state index is 0.0381. The van der Waals surface area contributed by atoms with Crippen LogP contribution in [0.5, 0.6) is 0 Å². The van der Waals surface area contributed by atoms with Crippen molar-refractivity contribution in [3.63, 3.8) is 0 Å². The zero-order valence-electron chi connectivity index (χ0n) is 10.8. The van der Waals surface area contributed by atoms with Gasteiger partial charge >= 0.3 is 0 Å². The van der Waals surface area contributed by atoms with Crippen LogP contribution in [0.3, 0.4) is 0 Å². The van der Waals surface area contributed by atoms with Gasteiger partial charge in [-0.05, 0) is 19.3 Å². The van der Waals surface area contributed by atoms with Gasteiger partial charge in [0, 0.05) is 31.9 Å². The van der Waals surface area contributed by atoms with Crippen molar-refractivity contribution in [1.82, 2.24) is 20.2 Å². The Morgan fingerprint density at radius 3 is 2.53 bits per heavy atom. The minimum atomic E-state index is -0.416. The number of aromatic nitrogens is 2. The fourth-order valence-corrected chi connectivity index (χ4v) is 2.21. The van der Waals surface area contributed by atoms with Crippen molar-refractivity contribution in [2.75, 3.05) is 13.6 Å². The first kappa shape index (κ1) is 12.1. The quantitative estimate of drug-likeness (QED) is 0.849. The third-order valence-electron chi connectivity index (χ3n) is 3.61. The van der Waals surface area contributed by atoms with Gasteiger partial charge < -0.3 is 10.2 Å². The third-order valence-corrected chi connectivity index (χ3v) is 3.61. The summed E-state index contributed by atoms with van der Waals surface area (Å²) >= 11 is 0. The third kappa shape index (κ3) is 2.43. The van der Waals surface area contributed by atoms with Crippen molar-refractivity contribution in [1.29, 1.82) is 0 Å². The van der Waals surface area contributed by atoms with Crippen LogP contribution in [-0.4, -0.2) is 46.3 Å². The van der Waals surface area contributed by atoms with Gasteiger partial charge in [-0.25, -0.2) is 9.97 Å². The molecule has 1 saturated carbocycles. The van der Waals surface area contributed by atoms with E-state index in [1.54, 1.807) is 24.3 Å². The number of amides is 2. The lowest BCUT2D eigenvalue weighted by Crippen LogP contribution is -2.40. The Balaban J connectivity index is 1.65. The SMILES string of the molecule is CN1CC[C@H](NC(=O)c2cnc(C3CC3)nc2)C1=O. The highest BCUT2D eigenvalue weighted by molar-refractivity contribution is 5.97. The van der Waals surface area contributed by atoms with E-state index in [0.29, 0.717) is 24.4 Å². The highest BCUT2D eigenvalue weighted by Gasteiger charge is 2.31. The van der Waals surface area contributed by atoms with Gasteiger partial charge in [-0.15, -0.1) is 0 Å². The van der Waals surface area contributed by atoms with E-state index in [2.05, 4.69) is 15.3 Å². The topological polar surface area (TPSA) is 75.2 Å².